The first kappa shape index (κ1) is 20.9. The van der Waals surface area contributed by atoms with E-state index in [-0.39, 0.29) is 18.4 Å². The summed E-state index contributed by atoms with van der Waals surface area (Å²) in [6.45, 7) is 1.79. The lowest BCUT2D eigenvalue weighted by atomic mass is 10.1. The molecule has 2 amide bonds. The van der Waals surface area contributed by atoms with E-state index in [0.717, 1.165) is 48.3 Å². The Labute approximate surface area is 192 Å². The second-order valence-electron chi connectivity index (χ2n) is 8.26. The number of piperidine rings is 1. The van der Waals surface area contributed by atoms with Crippen LogP contribution in [0.3, 0.4) is 0 Å². The predicted molar refractivity (Wildman–Crippen MR) is 128 cm³/mol. The fourth-order valence-corrected chi connectivity index (χ4v) is 5.22. The number of hydrogen-bond acceptors (Lipinski definition) is 4. The molecule has 0 N–H and O–H groups in total. The van der Waals surface area contributed by atoms with E-state index in [0.29, 0.717) is 11.5 Å². The smallest absolute Gasteiger partial charge is 0.265 e. The fraction of sp³-hybridized carbons (Fsp3) is 0.308. The Balaban J connectivity index is 1.32. The Morgan fingerprint density at radius 3 is 2.50 bits per heavy atom. The zero-order valence-corrected chi connectivity index (χ0v) is 18.7. The van der Waals surface area contributed by atoms with Crippen LogP contribution in [0.25, 0.3) is 10.8 Å². The third-order valence-corrected chi connectivity index (χ3v) is 7.08. The van der Waals surface area contributed by atoms with Gasteiger partial charge < -0.3 is 14.5 Å². The molecule has 0 radical (unpaired) electrons. The van der Waals surface area contributed by atoms with E-state index >= 15 is 0 Å². The number of ether oxygens (including phenoxy) is 1. The molecule has 6 heteroatoms. The third kappa shape index (κ3) is 4.32. The summed E-state index contributed by atoms with van der Waals surface area (Å²) in [7, 11) is 0. The van der Waals surface area contributed by atoms with Crippen molar-refractivity contribution in [2.75, 3.05) is 30.3 Å². The number of benzene rings is 3. The van der Waals surface area contributed by atoms with Crippen molar-refractivity contribution in [3.63, 3.8) is 0 Å². The number of carbonyl (C=O) groups excluding carboxylic acids is 2. The van der Waals surface area contributed by atoms with Gasteiger partial charge in [0, 0.05) is 18.0 Å². The highest BCUT2D eigenvalue weighted by Gasteiger charge is 2.36. The number of rotatable bonds is 4. The Morgan fingerprint density at radius 1 is 0.906 bits per heavy atom. The molecule has 164 valence electrons. The van der Waals surface area contributed by atoms with Crippen LogP contribution in [-0.4, -0.2) is 48.2 Å². The number of para-hydroxylation sites is 2. The minimum atomic E-state index is -0.655. The summed E-state index contributed by atoms with van der Waals surface area (Å²) < 4.78 is 6.05. The Kier molecular flexibility index (Phi) is 6.04. The summed E-state index contributed by atoms with van der Waals surface area (Å²) in [4.78, 5) is 31.0. The van der Waals surface area contributed by atoms with Crippen LogP contribution in [0.2, 0.25) is 0 Å². The lowest BCUT2D eigenvalue weighted by Gasteiger charge is -2.37. The molecule has 1 fully saturated rings. The van der Waals surface area contributed by atoms with E-state index in [4.69, 9.17) is 4.74 Å². The zero-order valence-electron chi connectivity index (χ0n) is 17.9. The molecule has 0 saturated carbocycles. The summed E-state index contributed by atoms with van der Waals surface area (Å²) in [6.07, 6.45) is 2.56. The molecule has 3 aromatic carbocycles. The molecule has 0 spiro atoms. The molecule has 0 aromatic heterocycles. The van der Waals surface area contributed by atoms with Crippen LogP contribution in [0.4, 0.5) is 5.69 Å². The maximum atomic E-state index is 13.3. The zero-order chi connectivity index (χ0) is 21.9. The molecule has 2 aliphatic rings. The monoisotopic (exact) mass is 446 g/mol. The van der Waals surface area contributed by atoms with Gasteiger partial charge in [0.2, 0.25) is 5.91 Å². The molecule has 1 atom stereocenters. The number of carbonyl (C=O) groups is 2. The molecule has 0 aliphatic carbocycles. The van der Waals surface area contributed by atoms with Crippen molar-refractivity contribution < 1.29 is 14.3 Å². The fourth-order valence-electron chi connectivity index (χ4n) is 4.40. The van der Waals surface area contributed by atoms with Gasteiger partial charge in [-0.2, -0.15) is 0 Å². The van der Waals surface area contributed by atoms with Crippen LogP contribution in [-0.2, 0) is 9.59 Å². The number of nitrogens with zero attached hydrogens (tertiary/aromatic N) is 2. The summed E-state index contributed by atoms with van der Waals surface area (Å²) in [6, 6.07) is 21.9. The first-order chi connectivity index (χ1) is 15.7. The van der Waals surface area contributed by atoms with Crippen molar-refractivity contribution in [3.8, 4) is 5.75 Å². The lowest BCUT2D eigenvalue weighted by molar-refractivity contribution is -0.139. The number of likely N-dealkylation sites (tertiary alicyclic amines) is 1. The van der Waals surface area contributed by atoms with E-state index in [1.165, 1.54) is 17.1 Å². The molecule has 5 nitrogen and oxygen atoms in total. The number of amides is 2. The van der Waals surface area contributed by atoms with Gasteiger partial charge in [0.1, 0.15) is 5.75 Å². The summed E-state index contributed by atoms with van der Waals surface area (Å²) >= 11 is 1.52. The van der Waals surface area contributed by atoms with Crippen molar-refractivity contribution in [1.82, 2.24) is 4.90 Å². The standard InChI is InChI=1S/C26H26N2O3S/c29-25(18-32-21-13-12-19-8-2-3-9-20(19)16-21)28-17-24(26(30)27-14-6-1-7-15-27)31-23-11-5-4-10-22(23)28/h2-5,8-13,16,24H,1,6-7,14-15,17-18H2/t24-/m1/s1. The van der Waals surface area contributed by atoms with Gasteiger partial charge in [-0.3, -0.25) is 9.59 Å². The van der Waals surface area contributed by atoms with Gasteiger partial charge in [-0.25, -0.2) is 0 Å². The molecule has 0 bridgehead atoms. The quantitative estimate of drug-likeness (QED) is 0.543. The molecule has 1 saturated heterocycles. The van der Waals surface area contributed by atoms with Crippen molar-refractivity contribution in [3.05, 3.63) is 66.7 Å². The molecule has 5 rings (SSSR count). The highest BCUT2D eigenvalue weighted by Crippen LogP contribution is 2.35. The van der Waals surface area contributed by atoms with E-state index in [2.05, 4.69) is 30.3 Å². The highest BCUT2D eigenvalue weighted by atomic mass is 32.2. The maximum Gasteiger partial charge on any atom is 0.265 e. The summed E-state index contributed by atoms with van der Waals surface area (Å²) in [5.74, 6) is 0.866. The van der Waals surface area contributed by atoms with E-state index < -0.39 is 6.10 Å². The number of thioether (sulfide) groups is 1. The minimum absolute atomic E-state index is 0.0146. The second-order valence-corrected chi connectivity index (χ2v) is 9.31. The molecule has 32 heavy (non-hydrogen) atoms. The van der Waals surface area contributed by atoms with Crippen molar-refractivity contribution in [2.24, 2.45) is 0 Å². The number of anilines is 1. The molecule has 2 heterocycles. The van der Waals surface area contributed by atoms with Gasteiger partial charge in [0.05, 0.1) is 18.0 Å². The van der Waals surface area contributed by atoms with Crippen LogP contribution in [0.15, 0.2) is 71.6 Å². The third-order valence-electron chi connectivity index (χ3n) is 6.10. The van der Waals surface area contributed by atoms with E-state index in [1.807, 2.05) is 41.3 Å². The van der Waals surface area contributed by atoms with Gasteiger partial charge in [-0.1, -0.05) is 42.5 Å². The average Bonchev–Trinajstić information content (AvgIpc) is 2.86. The minimum Gasteiger partial charge on any atom is -0.476 e. The normalized spacial score (nSPS) is 18.2. The molecule has 3 aromatic rings. The first-order valence-corrected chi connectivity index (χ1v) is 12.1. The van der Waals surface area contributed by atoms with Crippen molar-refractivity contribution >= 4 is 40.0 Å². The van der Waals surface area contributed by atoms with Gasteiger partial charge >= 0.3 is 0 Å². The van der Waals surface area contributed by atoms with Gasteiger partial charge in [-0.05, 0) is 54.3 Å². The van der Waals surface area contributed by atoms with Gasteiger partial charge in [0.15, 0.2) is 6.10 Å². The molecule has 2 aliphatic heterocycles. The van der Waals surface area contributed by atoms with Crippen molar-refractivity contribution in [1.29, 1.82) is 0 Å². The van der Waals surface area contributed by atoms with Gasteiger partial charge in [-0.15, -0.1) is 11.8 Å². The SMILES string of the molecule is O=C([C@H]1CN(C(=O)CSc2ccc3ccccc3c2)c2ccccc2O1)N1CCCCC1. The Morgan fingerprint density at radius 2 is 1.66 bits per heavy atom. The highest BCUT2D eigenvalue weighted by molar-refractivity contribution is 8.00. The summed E-state index contributed by atoms with van der Waals surface area (Å²) in [5, 5.41) is 2.35. The van der Waals surface area contributed by atoms with Crippen LogP contribution >= 0.6 is 11.8 Å². The maximum absolute atomic E-state index is 13.3. The largest absolute Gasteiger partial charge is 0.476 e. The second kappa shape index (κ2) is 9.25. The van der Waals surface area contributed by atoms with E-state index in [1.54, 1.807) is 4.90 Å². The van der Waals surface area contributed by atoms with Crippen LogP contribution in [0.1, 0.15) is 19.3 Å². The number of hydrogen-bond donors (Lipinski definition) is 0. The molecular formula is C26H26N2O3S. The van der Waals surface area contributed by atoms with Gasteiger partial charge in [0.25, 0.3) is 5.91 Å². The van der Waals surface area contributed by atoms with Crippen LogP contribution < -0.4 is 9.64 Å². The molecular weight excluding hydrogens is 420 g/mol. The van der Waals surface area contributed by atoms with E-state index in [9.17, 15) is 9.59 Å². The first-order valence-electron chi connectivity index (χ1n) is 11.2. The Hall–Kier alpha value is -2.99. The number of fused-ring (bicyclic) bond motifs is 2. The predicted octanol–water partition coefficient (Wildman–Crippen LogP) is 4.74. The lowest BCUT2D eigenvalue weighted by Crippen LogP contribution is -2.53. The Bertz CT molecular complexity index is 1140. The van der Waals surface area contributed by atoms with Crippen LogP contribution in [0, 0.1) is 0 Å². The van der Waals surface area contributed by atoms with Crippen molar-refractivity contribution in [2.45, 2.75) is 30.3 Å². The summed E-state index contributed by atoms with van der Waals surface area (Å²) in [5.41, 5.74) is 0.735. The molecule has 0 unspecified atom stereocenters. The van der Waals surface area contributed by atoms with Crippen LogP contribution in [0.5, 0.6) is 5.75 Å². The average molecular weight is 447 g/mol. The topological polar surface area (TPSA) is 49.9 Å².